The molecule has 3 N–H and O–H groups in total. The summed E-state index contributed by atoms with van der Waals surface area (Å²) in [6.07, 6.45) is 6.26. The second-order valence-corrected chi connectivity index (χ2v) is 8.11. The fourth-order valence-corrected chi connectivity index (χ4v) is 4.05. The average Bonchev–Trinajstić information content (AvgIpc) is 3.28. The van der Waals surface area contributed by atoms with Crippen molar-refractivity contribution in [1.82, 2.24) is 4.90 Å². The number of hydrogen-bond acceptors (Lipinski definition) is 7. The Balaban J connectivity index is 1.42. The van der Waals surface area contributed by atoms with E-state index in [1.807, 2.05) is 32.1 Å². The van der Waals surface area contributed by atoms with Gasteiger partial charge in [0.1, 0.15) is 5.84 Å². The van der Waals surface area contributed by atoms with Crippen LogP contribution in [-0.2, 0) is 0 Å². The molecule has 7 heteroatoms. The first-order chi connectivity index (χ1) is 13.5. The van der Waals surface area contributed by atoms with Gasteiger partial charge in [-0.25, -0.2) is 4.99 Å². The topological polar surface area (TPSA) is 81.3 Å². The molecule has 0 aromatic heterocycles. The number of ether oxygens (including phenoxy) is 3. The van der Waals surface area contributed by atoms with Gasteiger partial charge in [-0.15, -0.1) is 0 Å². The van der Waals surface area contributed by atoms with Crippen LogP contribution in [0, 0.1) is 0 Å². The van der Waals surface area contributed by atoms with Crippen LogP contribution < -0.4 is 25.3 Å². The Morgan fingerprint density at radius 1 is 1.29 bits per heavy atom. The molecule has 0 aliphatic carbocycles. The summed E-state index contributed by atoms with van der Waals surface area (Å²) in [6.45, 7) is 8.33. The highest BCUT2D eigenvalue weighted by Crippen LogP contribution is 2.43. The van der Waals surface area contributed by atoms with Gasteiger partial charge in [0, 0.05) is 42.0 Å². The standard InChI is InChI=1S/C21H30N4O3/c1-15-12-21(2,22)13-19(23-15)24-16-10-17(20-18(11-16)27-14-28-20)26-9-5-8-25-6-3-4-7-25/h10-12H,3-9,13-14,22H2,1-2H3,(H,23,24). The van der Waals surface area contributed by atoms with Gasteiger partial charge in [-0.05, 0) is 52.3 Å². The van der Waals surface area contributed by atoms with Crippen molar-refractivity contribution < 1.29 is 14.2 Å². The molecule has 0 radical (unpaired) electrons. The molecule has 0 spiro atoms. The number of amidine groups is 1. The van der Waals surface area contributed by atoms with Gasteiger partial charge >= 0.3 is 0 Å². The lowest BCUT2D eigenvalue weighted by atomic mass is 9.95. The van der Waals surface area contributed by atoms with Crippen LogP contribution in [0.1, 0.15) is 39.5 Å². The number of nitrogens with two attached hydrogens (primary N) is 1. The van der Waals surface area contributed by atoms with Crippen molar-refractivity contribution in [1.29, 1.82) is 0 Å². The molecule has 1 aromatic carbocycles. The molecule has 1 unspecified atom stereocenters. The number of nitrogens with one attached hydrogen (secondary N) is 1. The Hall–Kier alpha value is -2.25. The lowest BCUT2D eigenvalue weighted by Crippen LogP contribution is -2.40. The first-order valence-electron chi connectivity index (χ1n) is 10.1. The number of allylic oxidation sites excluding steroid dienone is 1. The molecule has 0 saturated carbocycles. The summed E-state index contributed by atoms with van der Waals surface area (Å²) in [4.78, 5) is 7.08. The van der Waals surface area contributed by atoms with Gasteiger partial charge in [0.2, 0.25) is 12.5 Å². The third-order valence-electron chi connectivity index (χ3n) is 5.20. The minimum absolute atomic E-state index is 0.215. The molecule has 1 saturated heterocycles. The van der Waals surface area contributed by atoms with Crippen LogP contribution in [0.5, 0.6) is 17.2 Å². The molecule has 3 aliphatic rings. The van der Waals surface area contributed by atoms with Crippen molar-refractivity contribution in [3.63, 3.8) is 0 Å². The van der Waals surface area contributed by atoms with E-state index >= 15 is 0 Å². The molecule has 1 atom stereocenters. The number of aliphatic imine (C=N–C) groups is 1. The van der Waals surface area contributed by atoms with Gasteiger partial charge in [-0.1, -0.05) is 0 Å². The number of rotatable bonds is 6. The van der Waals surface area contributed by atoms with Crippen LogP contribution in [-0.4, -0.2) is 49.3 Å². The van der Waals surface area contributed by atoms with Crippen LogP contribution >= 0.6 is 0 Å². The molecule has 0 bridgehead atoms. The normalized spacial score (nSPS) is 24.1. The number of nitrogens with zero attached hydrogens (tertiary/aromatic N) is 2. The number of anilines is 1. The summed E-state index contributed by atoms with van der Waals surface area (Å²) < 4.78 is 17.3. The third-order valence-corrected chi connectivity index (χ3v) is 5.20. The van der Waals surface area contributed by atoms with Gasteiger partial charge in [0.15, 0.2) is 11.5 Å². The van der Waals surface area contributed by atoms with Crippen LogP contribution in [0.2, 0.25) is 0 Å². The van der Waals surface area contributed by atoms with E-state index in [0.717, 1.165) is 30.2 Å². The van der Waals surface area contributed by atoms with Crippen molar-refractivity contribution in [2.45, 2.75) is 45.1 Å². The fourth-order valence-electron chi connectivity index (χ4n) is 4.05. The summed E-state index contributed by atoms with van der Waals surface area (Å²) in [7, 11) is 0. The number of benzene rings is 1. The predicted molar refractivity (Wildman–Crippen MR) is 110 cm³/mol. The SMILES string of the molecule is CC1=CC(C)(N)CC(Nc2cc(OCCCN3CCCC3)c3c(c2)OCO3)=N1. The molecule has 7 nitrogen and oxygen atoms in total. The van der Waals surface area contributed by atoms with E-state index in [-0.39, 0.29) is 6.79 Å². The predicted octanol–water partition coefficient (Wildman–Crippen LogP) is 3.12. The maximum atomic E-state index is 6.29. The Morgan fingerprint density at radius 3 is 2.89 bits per heavy atom. The molecule has 28 heavy (non-hydrogen) atoms. The minimum Gasteiger partial charge on any atom is -0.489 e. The Kier molecular flexibility index (Phi) is 5.46. The second-order valence-electron chi connectivity index (χ2n) is 8.11. The number of fused-ring (bicyclic) bond motifs is 1. The van der Waals surface area contributed by atoms with Crippen molar-refractivity contribution in [3.8, 4) is 17.2 Å². The summed E-state index contributed by atoms with van der Waals surface area (Å²) in [5, 5.41) is 3.38. The summed E-state index contributed by atoms with van der Waals surface area (Å²) in [5.41, 5.74) is 7.67. The first-order valence-corrected chi connectivity index (χ1v) is 10.1. The third kappa shape index (κ3) is 4.59. The summed E-state index contributed by atoms with van der Waals surface area (Å²) >= 11 is 0. The maximum absolute atomic E-state index is 6.29. The van der Waals surface area contributed by atoms with E-state index < -0.39 is 5.54 Å². The smallest absolute Gasteiger partial charge is 0.231 e. The van der Waals surface area contributed by atoms with Crippen LogP contribution in [0.15, 0.2) is 28.9 Å². The van der Waals surface area contributed by atoms with Gasteiger partial charge in [-0.3, -0.25) is 0 Å². The molecule has 1 aromatic rings. The molecule has 4 rings (SSSR count). The van der Waals surface area contributed by atoms with Crippen molar-refractivity contribution in [2.75, 3.05) is 38.4 Å². The number of hydrogen-bond donors (Lipinski definition) is 2. The number of likely N-dealkylation sites (tertiary alicyclic amines) is 1. The lowest BCUT2D eigenvalue weighted by Gasteiger charge is -2.26. The van der Waals surface area contributed by atoms with Crippen molar-refractivity contribution >= 4 is 11.5 Å². The van der Waals surface area contributed by atoms with Crippen molar-refractivity contribution in [3.05, 3.63) is 23.9 Å². The molecule has 3 heterocycles. The minimum atomic E-state index is -0.403. The van der Waals surface area contributed by atoms with Crippen LogP contribution in [0.4, 0.5) is 5.69 Å². The largest absolute Gasteiger partial charge is 0.489 e. The highest BCUT2D eigenvalue weighted by Gasteiger charge is 2.25. The van der Waals surface area contributed by atoms with Crippen LogP contribution in [0.25, 0.3) is 0 Å². The Morgan fingerprint density at radius 2 is 2.11 bits per heavy atom. The highest BCUT2D eigenvalue weighted by molar-refractivity contribution is 5.98. The first kappa shape index (κ1) is 19.1. The molecule has 0 amide bonds. The summed E-state index contributed by atoms with van der Waals surface area (Å²) in [6, 6.07) is 3.87. The van der Waals surface area contributed by atoms with E-state index in [2.05, 4.69) is 15.2 Å². The maximum Gasteiger partial charge on any atom is 0.231 e. The van der Waals surface area contributed by atoms with Crippen molar-refractivity contribution in [2.24, 2.45) is 10.7 Å². The van der Waals surface area contributed by atoms with Crippen LogP contribution in [0.3, 0.4) is 0 Å². The zero-order chi connectivity index (χ0) is 19.6. The summed E-state index contributed by atoms with van der Waals surface area (Å²) in [5.74, 6) is 2.91. The quantitative estimate of drug-likeness (QED) is 0.731. The molecular weight excluding hydrogens is 356 g/mol. The average molecular weight is 386 g/mol. The molecule has 152 valence electrons. The van der Waals surface area contributed by atoms with E-state index in [4.69, 9.17) is 19.9 Å². The monoisotopic (exact) mass is 386 g/mol. The van der Waals surface area contributed by atoms with Gasteiger partial charge in [0.25, 0.3) is 0 Å². The van der Waals surface area contributed by atoms with E-state index in [0.29, 0.717) is 30.3 Å². The Bertz CT molecular complexity index is 782. The van der Waals surface area contributed by atoms with E-state index in [1.165, 1.54) is 25.9 Å². The molecule has 3 aliphatic heterocycles. The van der Waals surface area contributed by atoms with Gasteiger partial charge < -0.3 is 30.2 Å². The Labute approximate surface area is 166 Å². The van der Waals surface area contributed by atoms with E-state index in [9.17, 15) is 0 Å². The zero-order valence-corrected chi connectivity index (χ0v) is 16.8. The highest BCUT2D eigenvalue weighted by atomic mass is 16.7. The zero-order valence-electron chi connectivity index (χ0n) is 16.8. The van der Waals surface area contributed by atoms with Gasteiger partial charge in [0.05, 0.1) is 6.61 Å². The van der Waals surface area contributed by atoms with E-state index in [1.54, 1.807) is 0 Å². The van der Waals surface area contributed by atoms with Gasteiger partial charge in [-0.2, -0.15) is 0 Å². The lowest BCUT2D eigenvalue weighted by molar-refractivity contribution is 0.169. The molecular formula is C21H30N4O3. The fraction of sp³-hybridized carbons (Fsp3) is 0.571. The molecule has 1 fully saturated rings. The second kappa shape index (κ2) is 8.01.